The zero-order valence-corrected chi connectivity index (χ0v) is 44.9. The topological polar surface area (TPSA) is 63.2 Å². The Kier molecular flexibility index (Phi) is 17.7. The van der Waals surface area contributed by atoms with Crippen LogP contribution in [0.4, 0.5) is 0 Å². The third-order valence-corrected chi connectivity index (χ3v) is 24.0. The van der Waals surface area contributed by atoms with Crippen molar-refractivity contribution >= 4 is 47.1 Å². The quantitative estimate of drug-likeness (QED) is 0.0582. The number of ether oxygens (including phenoxy) is 3. The fourth-order valence-electron chi connectivity index (χ4n) is 7.88. The van der Waals surface area contributed by atoms with Crippen LogP contribution in [0, 0.1) is 24.7 Å². The highest BCUT2D eigenvalue weighted by Crippen LogP contribution is 2.42. The number of rotatable bonds is 17. The van der Waals surface area contributed by atoms with Crippen molar-refractivity contribution in [3.05, 3.63) is 113 Å². The molecule has 0 aliphatic carbocycles. The van der Waals surface area contributed by atoms with Crippen LogP contribution in [0.2, 0.25) is 48.9 Å². The lowest BCUT2D eigenvalue weighted by Crippen LogP contribution is -2.67. The summed E-state index contributed by atoms with van der Waals surface area (Å²) in [5.74, 6) is 5.45. The Hall–Kier alpha value is -3.34. The van der Waals surface area contributed by atoms with Gasteiger partial charge in [0, 0.05) is 31.7 Å². The van der Waals surface area contributed by atoms with Crippen LogP contribution in [0.25, 0.3) is 6.08 Å². The molecular formula is C54H80O6Si3. The van der Waals surface area contributed by atoms with E-state index in [0.717, 1.165) is 22.7 Å². The standard InChI is InChI=1S/C54H80O6Si3/c1-18-19-27-43-36-34-41(3)49(51(55)56-38-39-61(13,14)15)46(43)32-26-33-47-50(58-54(11,12)57-47)48(60-62(16,17)52(5,6)7)37-35-40(2)42(4)59-63(53(8,9)10,44-28-22-20-23-29-44)45-30-24-21-25-31-45/h20-26,28-32,34-37,40,42,47-48,50H,18,33,38-39H2,1-17H3/b32-26+,37-35-/t40-,42+,47+,48?,50+/m1/s1. The third kappa shape index (κ3) is 13.6. The van der Waals surface area contributed by atoms with Crippen molar-refractivity contribution in [1.82, 2.24) is 0 Å². The summed E-state index contributed by atoms with van der Waals surface area (Å²) in [6, 6.07) is 26.6. The van der Waals surface area contributed by atoms with Gasteiger partial charge in [-0.05, 0) is 91.3 Å². The van der Waals surface area contributed by atoms with Crippen LogP contribution < -0.4 is 10.4 Å². The summed E-state index contributed by atoms with van der Waals surface area (Å²) in [6.45, 7) is 38.1. The number of carbonyl (C=O) groups is 1. The highest BCUT2D eigenvalue weighted by molar-refractivity contribution is 6.99. The van der Waals surface area contributed by atoms with E-state index in [1.165, 1.54) is 10.4 Å². The first-order valence-corrected chi connectivity index (χ1v) is 31.7. The second kappa shape index (κ2) is 21.3. The van der Waals surface area contributed by atoms with Gasteiger partial charge in [-0.2, -0.15) is 0 Å². The molecule has 1 fully saturated rings. The van der Waals surface area contributed by atoms with Crippen molar-refractivity contribution in [1.29, 1.82) is 0 Å². The number of hydrogen-bond donors (Lipinski definition) is 0. The molecule has 3 aromatic carbocycles. The monoisotopic (exact) mass is 909 g/mol. The van der Waals surface area contributed by atoms with Gasteiger partial charge < -0.3 is 23.1 Å². The van der Waals surface area contributed by atoms with E-state index in [0.29, 0.717) is 25.0 Å². The summed E-state index contributed by atoms with van der Waals surface area (Å²) in [4.78, 5) is 13.7. The van der Waals surface area contributed by atoms with E-state index in [4.69, 9.17) is 23.1 Å². The van der Waals surface area contributed by atoms with Gasteiger partial charge in [-0.3, -0.25) is 0 Å². The molecule has 1 unspecified atom stereocenters. The molecule has 0 saturated carbocycles. The van der Waals surface area contributed by atoms with Crippen LogP contribution in [0.5, 0.6) is 0 Å². The number of esters is 1. The Balaban J connectivity index is 1.72. The third-order valence-electron chi connectivity index (χ3n) is 12.7. The zero-order valence-electron chi connectivity index (χ0n) is 41.9. The second-order valence-electron chi connectivity index (χ2n) is 21.7. The molecule has 0 N–H and O–H groups in total. The minimum absolute atomic E-state index is 0.0318. The minimum Gasteiger partial charge on any atom is -0.462 e. The molecule has 4 rings (SSSR count). The van der Waals surface area contributed by atoms with E-state index in [-0.39, 0.29) is 40.3 Å². The summed E-state index contributed by atoms with van der Waals surface area (Å²) in [5, 5.41) is 2.36. The van der Waals surface area contributed by atoms with Crippen molar-refractivity contribution in [2.45, 2.75) is 175 Å². The Labute approximate surface area is 385 Å². The van der Waals surface area contributed by atoms with E-state index in [1.54, 1.807) is 0 Å². The van der Waals surface area contributed by atoms with Crippen LogP contribution >= 0.6 is 0 Å². The van der Waals surface area contributed by atoms with E-state index in [1.807, 2.05) is 45.9 Å². The lowest BCUT2D eigenvalue weighted by molar-refractivity contribution is -0.151. The molecule has 1 saturated heterocycles. The zero-order chi connectivity index (χ0) is 47.0. The average Bonchev–Trinajstić information content (AvgIpc) is 3.50. The fraction of sp³-hybridized carbons (Fsp3) is 0.537. The molecule has 1 aliphatic heterocycles. The lowest BCUT2D eigenvalue weighted by atomic mass is 9.95. The van der Waals surface area contributed by atoms with E-state index in [2.05, 4.69) is 179 Å². The average molecular weight is 909 g/mol. The predicted octanol–water partition coefficient (Wildman–Crippen LogP) is 12.7. The molecule has 0 aromatic heterocycles. The summed E-state index contributed by atoms with van der Waals surface area (Å²) < 4.78 is 34.3. The maximum absolute atomic E-state index is 13.7. The molecule has 1 heterocycles. The Morgan fingerprint density at radius 3 is 1.94 bits per heavy atom. The first kappa shape index (κ1) is 52.3. The minimum atomic E-state index is -2.78. The summed E-state index contributed by atoms with van der Waals surface area (Å²) in [6.07, 6.45) is 8.68. The number of benzene rings is 3. The van der Waals surface area contributed by atoms with E-state index < -0.39 is 36.6 Å². The van der Waals surface area contributed by atoms with E-state index >= 15 is 0 Å². The van der Waals surface area contributed by atoms with Crippen molar-refractivity contribution in [3.8, 4) is 11.8 Å². The van der Waals surface area contributed by atoms with Crippen LogP contribution in [0.15, 0.2) is 91.0 Å². The first-order chi connectivity index (χ1) is 29.2. The normalized spacial score (nSPS) is 18.9. The Morgan fingerprint density at radius 2 is 1.41 bits per heavy atom. The maximum atomic E-state index is 13.7. The summed E-state index contributed by atoms with van der Waals surface area (Å²) in [7, 11) is -6.48. The van der Waals surface area contributed by atoms with Crippen LogP contribution in [-0.4, -0.2) is 67.5 Å². The van der Waals surface area contributed by atoms with Gasteiger partial charge in [-0.1, -0.05) is 178 Å². The van der Waals surface area contributed by atoms with Crippen molar-refractivity contribution in [2.75, 3.05) is 6.61 Å². The number of hydrogen-bond acceptors (Lipinski definition) is 6. The molecule has 63 heavy (non-hydrogen) atoms. The Morgan fingerprint density at radius 1 is 0.825 bits per heavy atom. The molecule has 6 nitrogen and oxygen atoms in total. The molecule has 0 amide bonds. The van der Waals surface area contributed by atoms with Crippen molar-refractivity contribution < 1.29 is 27.9 Å². The first-order valence-electron chi connectivity index (χ1n) is 23.2. The van der Waals surface area contributed by atoms with Crippen molar-refractivity contribution in [3.63, 3.8) is 0 Å². The fourth-order valence-corrected chi connectivity index (χ4v) is 14.6. The number of aryl methyl sites for hydroxylation is 1. The van der Waals surface area contributed by atoms with Gasteiger partial charge in [0.25, 0.3) is 8.32 Å². The molecule has 0 bridgehead atoms. The van der Waals surface area contributed by atoms with Gasteiger partial charge in [0.05, 0.1) is 24.4 Å². The largest absolute Gasteiger partial charge is 0.462 e. The lowest BCUT2D eigenvalue weighted by Gasteiger charge is -2.45. The van der Waals surface area contributed by atoms with Gasteiger partial charge in [-0.25, -0.2) is 4.79 Å². The van der Waals surface area contributed by atoms with Gasteiger partial charge >= 0.3 is 5.97 Å². The van der Waals surface area contributed by atoms with Crippen LogP contribution in [-0.2, 0) is 23.1 Å². The second-order valence-corrected chi connectivity index (χ2v) is 36.3. The smallest absolute Gasteiger partial charge is 0.339 e. The van der Waals surface area contributed by atoms with Gasteiger partial charge in [0.15, 0.2) is 14.1 Å². The van der Waals surface area contributed by atoms with E-state index in [9.17, 15) is 4.79 Å². The van der Waals surface area contributed by atoms with Crippen LogP contribution in [0.1, 0.15) is 116 Å². The predicted molar refractivity (Wildman–Crippen MR) is 273 cm³/mol. The molecule has 3 aromatic rings. The maximum Gasteiger partial charge on any atom is 0.339 e. The summed E-state index contributed by atoms with van der Waals surface area (Å²) in [5.41, 5.74) is 3.02. The van der Waals surface area contributed by atoms with Crippen molar-refractivity contribution in [2.24, 2.45) is 5.92 Å². The van der Waals surface area contributed by atoms with Crippen LogP contribution in [0.3, 0.4) is 0 Å². The van der Waals surface area contributed by atoms with Gasteiger partial charge in [0.1, 0.15) is 6.10 Å². The SMILES string of the molecule is CCC#Cc1ccc(C)c(C(=O)OCC[Si](C)(C)C)c1/C=C/C[C@@H]1OC(C)(C)O[C@@H]1C(/C=C\[C@@H](C)[C@H](C)O[Si](c1ccccc1)(c1ccccc1)C(C)(C)C)O[Si](C)(C)C(C)(C)C. The molecule has 5 atom stereocenters. The molecule has 1 aliphatic rings. The molecule has 9 heteroatoms. The Bertz CT molecular complexity index is 2040. The molecule has 0 radical (unpaired) electrons. The van der Waals surface area contributed by atoms with Gasteiger partial charge in [-0.15, -0.1) is 0 Å². The molecule has 344 valence electrons. The number of carbonyl (C=O) groups excluding carboxylic acids is 1. The molecule has 0 spiro atoms. The summed E-state index contributed by atoms with van der Waals surface area (Å²) >= 11 is 0. The highest BCUT2D eigenvalue weighted by atomic mass is 28.4. The van der Waals surface area contributed by atoms with Gasteiger partial charge in [0.2, 0.25) is 0 Å². The molecular weight excluding hydrogens is 829 g/mol. The highest BCUT2D eigenvalue weighted by Gasteiger charge is 2.52.